The molecule has 0 bridgehead atoms. The van der Waals surface area contributed by atoms with Gasteiger partial charge in [-0.3, -0.25) is 4.39 Å². The van der Waals surface area contributed by atoms with Crippen molar-refractivity contribution in [3.8, 4) is 0 Å². The summed E-state index contributed by atoms with van der Waals surface area (Å²) in [6.07, 6.45) is 2.90. The molecule has 7 heteroatoms. The molecular weight excluding hydrogens is 495 g/mol. The van der Waals surface area contributed by atoms with Crippen LogP contribution in [0.2, 0.25) is 5.02 Å². The van der Waals surface area contributed by atoms with E-state index in [4.69, 9.17) is 11.6 Å². The average Bonchev–Trinajstić information content (AvgIpc) is 2.85. The van der Waals surface area contributed by atoms with Gasteiger partial charge in [0.2, 0.25) is 0 Å². The minimum atomic E-state index is -0.291. The number of unbranched alkanes of at least 4 members (excludes halogenated alkanes) is 1. The van der Waals surface area contributed by atoms with E-state index < -0.39 is 0 Å². The largest absolute Gasteiger partial charge is 0.302 e. The van der Waals surface area contributed by atoms with E-state index in [0.717, 1.165) is 46.8 Å². The Morgan fingerprint density at radius 2 is 1.65 bits per heavy atom. The minimum absolute atomic E-state index is 0.173. The second-order valence-electron chi connectivity index (χ2n) is 7.50. The number of anilines is 1. The van der Waals surface area contributed by atoms with Gasteiger partial charge in [0.15, 0.2) is 0 Å². The van der Waals surface area contributed by atoms with Gasteiger partial charge in [-0.25, -0.2) is 8.78 Å². The van der Waals surface area contributed by atoms with Crippen molar-refractivity contribution in [3.63, 3.8) is 0 Å². The third kappa shape index (κ3) is 8.47. The summed E-state index contributed by atoms with van der Waals surface area (Å²) in [5.74, 6) is 1.70. The molecule has 0 radical (unpaired) electrons. The van der Waals surface area contributed by atoms with Gasteiger partial charge in [-0.15, -0.1) is 0 Å². The summed E-state index contributed by atoms with van der Waals surface area (Å²) in [4.78, 5) is 0.949. The fourth-order valence-electron chi connectivity index (χ4n) is 3.56. The van der Waals surface area contributed by atoms with Crippen LogP contribution < -0.4 is 4.31 Å². The number of alkyl halides is 1. The number of hydrogen-bond donors (Lipinski definition) is 0. The highest BCUT2D eigenvalue weighted by Crippen LogP contribution is 2.40. The molecule has 0 aliphatic heterocycles. The third-order valence-electron chi connectivity index (χ3n) is 5.20. The highest BCUT2D eigenvalue weighted by Gasteiger charge is 2.23. The van der Waals surface area contributed by atoms with Crippen molar-refractivity contribution < 1.29 is 13.2 Å². The van der Waals surface area contributed by atoms with Crippen molar-refractivity contribution in [3.05, 3.63) is 94.5 Å². The Balaban J connectivity index is 0.00000199. The smallest absolute Gasteiger partial charge is 0.147 e. The summed E-state index contributed by atoms with van der Waals surface area (Å²) in [6.45, 7) is 4.20. The van der Waals surface area contributed by atoms with E-state index in [-0.39, 0.29) is 17.7 Å². The Kier molecular flexibility index (Phi) is 12.8. The first-order valence-corrected chi connectivity index (χ1v) is 13.5. The van der Waals surface area contributed by atoms with E-state index in [1.165, 1.54) is 24.1 Å². The lowest BCUT2D eigenvalue weighted by Gasteiger charge is -2.32. The number of thioether (sulfide) groups is 1. The van der Waals surface area contributed by atoms with E-state index >= 15 is 0 Å². The molecule has 0 aliphatic rings. The molecule has 0 saturated carbocycles. The van der Waals surface area contributed by atoms with E-state index in [1.54, 1.807) is 18.2 Å². The Labute approximate surface area is 215 Å². The Hall–Kier alpha value is -1.76. The van der Waals surface area contributed by atoms with Crippen LogP contribution in [0.4, 0.5) is 18.9 Å². The van der Waals surface area contributed by atoms with Gasteiger partial charge in [0, 0.05) is 9.92 Å². The molecule has 0 aromatic heterocycles. The van der Waals surface area contributed by atoms with Gasteiger partial charge < -0.3 is 4.31 Å². The van der Waals surface area contributed by atoms with Gasteiger partial charge in [-0.2, -0.15) is 11.8 Å². The number of hydrogen-bond acceptors (Lipinski definition) is 3. The molecule has 0 aliphatic carbocycles. The quantitative estimate of drug-likeness (QED) is 0.181. The van der Waals surface area contributed by atoms with Gasteiger partial charge >= 0.3 is 0 Å². The van der Waals surface area contributed by atoms with Crippen LogP contribution in [0, 0.1) is 11.6 Å². The molecule has 3 rings (SSSR count). The highest BCUT2D eigenvalue weighted by molar-refractivity contribution is 8.00. The molecule has 3 aromatic rings. The van der Waals surface area contributed by atoms with Crippen LogP contribution in [0.3, 0.4) is 0 Å². The van der Waals surface area contributed by atoms with E-state index in [2.05, 4.69) is 6.92 Å². The molecule has 3 aromatic carbocycles. The first-order chi connectivity index (χ1) is 16.5. The first-order valence-electron chi connectivity index (χ1n) is 11.2. The van der Waals surface area contributed by atoms with Crippen LogP contribution in [0.5, 0.6) is 0 Å². The van der Waals surface area contributed by atoms with E-state index in [1.807, 2.05) is 59.4 Å². The zero-order chi connectivity index (χ0) is 24.9. The highest BCUT2D eigenvalue weighted by atomic mass is 35.5. The standard InChI is InChI=1S/C26H28ClF2NS2.CH3F/c1-3-31-17-7-6-8-20-18-22(28)13-16-24(20)19(2)30(26-10-5-4-9-25(26)29)32-23-14-11-21(27)12-15-23;1-2/h4-5,9-16,18-19H,3,6-8,17H2,1-2H3;1H3. The van der Waals surface area contributed by atoms with Crippen LogP contribution in [0.1, 0.15) is 43.9 Å². The van der Waals surface area contributed by atoms with Gasteiger partial charge in [-0.05, 0) is 109 Å². The molecular formula is C27H31ClF3NS2. The van der Waals surface area contributed by atoms with Gasteiger partial charge in [-0.1, -0.05) is 36.7 Å². The van der Waals surface area contributed by atoms with Crippen LogP contribution >= 0.6 is 35.3 Å². The molecule has 184 valence electrons. The van der Waals surface area contributed by atoms with Crippen LogP contribution in [0.25, 0.3) is 0 Å². The first kappa shape index (κ1) is 28.5. The molecule has 0 spiro atoms. The summed E-state index contributed by atoms with van der Waals surface area (Å²) in [7, 11) is 0.500. The molecule has 1 atom stereocenters. The number of aryl methyl sites for hydroxylation is 1. The summed E-state index contributed by atoms with van der Waals surface area (Å²) < 4.78 is 40.4. The van der Waals surface area contributed by atoms with E-state index in [9.17, 15) is 13.2 Å². The van der Waals surface area contributed by atoms with Crippen LogP contribution in [-0.2, 0) is 6.42 Å². The number of halogens is 4. The minimum Gasteiger partial charge on any atom is -0.302 e. The van der Waals surface area contributed by atoms with Crippen LogP contribution in [-0.4, -0.2) is 18.7 Å². The summed E-state index contributed by atoms with van der Waals surface area (Å²) in [5.41, 5.74) is 2.49. The predicted molar refractivity (Wildman–Crippen MR) is 144 cm³/mol. The Morgan fingerprint density at radius 3 is 2.32 bits per heavy atom. The summed E-state index contributed by atoms with van der Waals surface area (Å²) >= 11 is 9.42. The molecule has 0 heterocycles. The van der Waals surface area contributed by atoms with Crippen molar-refractivity contribution >= 4 is 41.0 Å². The van der Waals surface area contributed by atoms with Crippen molar-refractivity contribution in [2.24, 2.45) is 0 Å². The summed E-state index contributed by atoms with van der Waals surface area (Å²) in [6, 6.07) is 19.0. The van der Waals surface area contributed by atoms with Gasteiger partial charge in [0.25, 0.3) is 0 Å². The molecule has 0 fully saturated rings. The molecule has 1 unspecified atom stereocenters. The lowest BCUT2D eigenvalue weighted by atomic mass is 9.97. The third-order valence-corrected chi connectivity index (χ3v) is 7.63. The maximum absolute atomic E-state index is 14.8. The summed E-state index contributed by atoms with van der Waals surface area (Å²) in [5, 5.41) is 0.655. The van der Waals surface area contributed by atoms with Gasteiger partial charge in [0.05, 0.1) is 18.9 Å². The fraction of sp³-hybridized carbons (Fsp3) is 0.333. The maximum atomic E-state index is 14.8. The topological polar surface area (TPSA) is 3.24 Å². The van der Waals surface area contributed by atoms with Gasteiger partial charge in [0.1, 0.15) is 11.6 Å². The van der Waals surface area contributed by atoms with Crippen molar-refractivity contribution in [2.75, 3.05) is 23.0 Å². The van der Waals surface area contributed by atoms with Crippen LogP contribution in [0.15, 0.2) is 71.6 Å². The fourth-order valence-corrected chi connectivity index (χ4v) is 5.39. The lowest BCUT2D eigenvalue weighted by Crippen LogP contribution is -2.21. The molecule has 0 amide bonds. The van der Waals surface area contributed by atoms with Crippen molar-refractivity contribution in [1.29, 1.82) is 0 Å². The number of benzene rings is 3. The van der Waals surface area contributed by atoms with Crippen molar-refractivity contribution in [1.82, 2.24) is 0 Å². The zero-order valence-corrected chi connectivity index (χ0v) is 22.1. The average molecular weight is 526 g/mol. The predicted octanol–water partition coefficient (Wildman–Crippen LogP) is 9.55. The molecule has 1 nitrogen and oxygen atoms in total. The second kappa shape index (κ2) is 15.3. The van der Waals surface area contributed by atoms with Crippen molar-refractivity contribution in [2.45, 2.75) is 44.0 Å². The zero-order valence-electron chi connectivity index (χ0n) is 19.7. The maximum Gasteiger partial charge on any atom is 0.147 e. The lowest BCUT2D eigenvalue weighted by molar-refractivity contribution is 0.615. The SMILES string of the molecule is CCSCCCCc1cc(F)ccc1C(C)N(Sc1ccc(Cl)cc1)c1ccccc1F.CF. The number of rotatable bonds is 11. The Bertz CT molecular complexity index is 1000. The normalized spacial score (nSPS) is 11.5. The van der Waals surface area contributed by atoms with E-state index in [0.29, 0.717) is 17.9 Å². The molecule has 0 N–H and O–H groups in total. The second-order valence-corrected chi connectivity index (χ2v) is 10.4. The number of para-hydroxylation sites is 1. The Morgan fingerprint density at radius 1 is 0.941 bits per heavy atom. The number of nitrogens with zero attached hydrogens (tertiary/aromatic N) is 1. The monoisotopic (exact) mass is 525 g/mol. The molecule has 0 saturated heterocycles. The molecule has 34 heavy (non-hydrogen) atoms.